The van der Waals surface area contributed by atoms with Crippen molar-refractivity contribution in [2.45, 2.75) is 44.6 Å². The number of H-pyrrole nitrogens is 1. The zero-order chi connectivity index (χ0) is 19.0. The largest absolute Gasteiger partial charge is 0.360 e. The molecular weight excluding hydrogens is 338 g/mol. The second-order valence-corrected chi connectivity index (χ2v) is 7.56. The molecular formula is C22H25N3O2. The molecule has 5 heteroatoms. The molecule has 2 heterocycles. The smallest absolute Gasteiger partial charge is 0.260 e. The summed E-state index contributed by atoms with van der Waals surface area (Å²) in [5.74, 6) is 0.149. The minimum atomic E-state index is -0.170. The van der Waals surface area contributed by atoms with E-state index in [9.17, 15) is 9.59 Å². The van der Waals surface area contributed by atoms with Crippen molar-refractivity contribution in [3.05, 3.63) is 69.8 Å². The highest BCUT2D eigenvalue weighted by molar-refractivity contribution is 6.07. The zero-order valence-corrected chi connectivity index (χ0v) is 15.8. The van der Waals surface area contributed by atoms with Crippen LogP contribution in [0.5, 0.6) is 0 Å². The first-order chi connectivity index (χ1) is 13.1. The molecule has 0 radical (unpaired) electrons. The SMILES string of the molecule is Cc1cn(C)c(=O)c2c(C(=O)NC3CCCC[C@H]3c3ccccc3)c[nH]c12. The van der Waals surface area contributed by atoms with Gasteiger partial charge in [0.2, 0.25) is 0 Å². The van der Waals surface area contributed by atoms with Crippen LogP contribution < -0.4 is 10.9 Å². The van der Waals surface area contributed by atoms with Crippen LogP contribution in [0.15, 0.2) is 47.5 Å². The van der Waals surface area contributed by atoms with Gasteiger partial charge < -0.3 is 14.9 Å². The Morgan fingerprint density at radius 2 is 1.93 bits per heavy atom. The summed E-state index contributed by atoms with van der Waals surface area (Å²) >= 11 is 0. The fourth-order valence-corrected chi connectivity index (χ4v) is 4.37. The molecule has 2 aromatic heterocycles. The number of aryl methyl sites for hydroxylation is 2. The number of carbonyl (C=O) groups excluding carboxylic acids is 1. The zero-order valence-electron chi connectivity index (χ0n) is 15.8. The number of nitrogens with one attached hydrogen (secondary N) is 2. The fraction of sp³-hybridized carbons (Fsp3) is 0.364. The summed E-state index contributed by atoms with van der Waals surface area (Å²) in [6.45, 7) is 1.94. The maximum atomic E-state index is 13.1. The van der Waals surface area contributed by atoms with Crippen molar-refractivity contribution in [3.8, 4) is 0 Å². The lowest BCUT2D eigenvalue weighted by atomic mass is 9.80. The van der Waals surface area contributed by atoms with E-state index in [1.165, 1.54) is 16.6 Å². The highest BCUT2D eigenvalue weighted by atomic mass is 16.2. The van der Waals surface area contributed by atoms with Crippen molar-refractivity contribution in [1.82, 2.24) is 14.9 Å². The Morgan fingerprint density at radius 3 is 2.70 bits per heavy atom. The predicted molar refractivity (Wildman–Crippen MR) is 107 cm³/mol. The second-order valence-electron chi connectivity index (χ2n) is 7.56. The van der Waals surface area contributed by atoms with Crippen LogP contribution in [0.4, 0.5) is 0 Å². The Balaban J connectivity index is 1.66. The van der Waals surface area contributed by atoms with E-state index in [-0.39, 0.29) is 17.5 Å². The second kappa shape index (κ2) is 7.06. The minimum absolute atomic E-state index is 0.0901. The van der Waals surface area contributed by atoms with Crippen LogP contribution in [-0.4, -0.2) is 21.5 Å². The predicted octanol–water partition coefficient (Wildman–Crippen LogP) is 3.63. The molecule has 2 N–H and O–H groups in total. The van der Waals surface area contributed by atoms with Crippen LogP contribution >= 0.6 is 0 Å². The van der Waals surface area contributed by atoms with Crippen molar-refractivity contribution in [2.24, 2.45) is 7.05 Å². The van der Waals surface area contributed by atoms with Crippen LogP contribution in [0.3, 0.4) is 0 Å². The van der Waals surface area contributed by atoms with Crippen LogP contribution in [-0.2, 0) is 7.05 Å². The number of carbonyl (C=O) groups is 1. The average Bonchev–Trinajstić information content (AvgIpc) is 3.13. The van der Waals surface area contributed by atoms with E-state index < -0.39 is 0 Å². The highest BCUT2D eigenvalue weighted by Gasteiger charge is 2.29. The number of benzene rings is 1. The normalized spacial score (nSPS) is 19.9. The van der Waals surface area contributed by atoms with Gasteiger partial charge in [-0.1, -0.05) is 43.2 Å². The maximum Gasteiger partial charge on any atom is 0.260 e. The summed E-state index contributed by atoms with van der Waals surface area (Å²) < 4.78 is 1.54. The third-order valence-corrected chi connectivity index (χ3v) is 5.75. The summed E-state index contributed by atoms with van der Waals surface area (Å²) in [4.78, 5) is 28.8. The summed E-state index contributed by atoms with van der Waals surface area (Å²) in [6.07, 6.45) is 7.78. The van der Waals surface area contributed by atoms with Gasteiger partial charge >= 0.3 is 0 Å². The van der Waals surface area contributed by atoms with Gasteiger partial charge in [-0.05, 0) is 30.9 Å². The van der Waals surface area contributed by atoms with E-state index in [0.29, 0.717) is 16.9 Å². The van der Waals surface area contributed by atoms with Crippen molar-refractivity contribution in [1.29, 1.82) is 0 Å². The van der Waals surface area contributed by atoms with E-state index in [0.717, 1.165) is 30.3 Å². The summed E-state index contributed by atoms with van der Waals surface area (Å²) in [7, 11) is 1.72. The topological polar surface area (TPSA) is 66.9 Å². The molecule has 27 heavy (non-hydrogen) atoms. The number of hydrogen-bond donors (Lipinski definition) is 2. The number of pyridine rings is 1. The van der Waals surface area contributed by atoms with Gasteiger partial charge in [-0.2, -0.15) is 0 Å². The van der Waals surface area contributed by atoms with Gasteiger partial charge in [0.25, 0.3) is 11.5 Å². The number of hydrogen-bond acceptors (Lipinski definition) is 2. The lowest BCUT2D eigenvalue weighted by Gasteiger charge is -2.32. The Bertz CT molecular complexity index is 1030. The molecule has 1 aromatic carbocycles. The standard InChI is InChI=1S/C22H25N3O2/c1-14-13-25(2)22(27)19-17(12-23-20(14)19)21(26)24-18-11-7-6-10-16(18)15-8-4-3-5-9-15/h3-5,8-9,12-13,16,18,23H,6-7,10-11H2,1-2H3,(H,24,26)/t16-,18?/m0/s1. The number of aromatic amines is 1. The summed E-state index contributed by atoms with van der Waals surface area (Å²) in [5, 5.41) is 3.70. The molecule has 2 atom stereocenters. The average molecular weight is 363 g/mol. The minimum Gasteiger partial charge on any atom is -0.360 e. The Morgan fingerprint density at radius 1 is 1.19 bits per heavy atom. The molecule has 0 bridgehead atoms. The van der Waals surface area contributed by atoms with Crippen molar-refractivity contribution >= 4 is 16.8 Å². The van der Waals surface area contributed by atoms with Crippen LogP contribution in [0.2, 0.25) is 0 Å². The Hall–Kier alpha value is -2.82. The molecule has 3 aromatic rings. The van der Waals surface area contributed by atoms with E-state index in [4.69, 9.17) is 0 Å². The van der Waals surface area contributed by atoms with Gasteiger partial charge in [-0.3, -0.25) is 9.59 Å². The van der Waals surface area contributed by atoms with E-state index >= 15 is 0 Å². The van der Waals surface area contributed by atoms with E-state index in [1.807, 2.05) is 13.0 Å². The van der Waals surface area contributed by atoms with Crippen LogP contribution in [0, 0.1) is 6.92 Å². The third-order valence-electron chi connectivity index (χ3n) is 5.75. The summed E-state index contributed by atoms with van der Waals surface area (Å²) in [6, 6.07) is 10.5. The summed E-state index contributed by atoms with van der Waals surface area (Å²) in [5.41, 5.74) is 3.25. The lowest BCUT2D eigenvalue weighted by Crippen LogP contribution is -2.41. The molecule has 1 aliphatic rings. The molecule has 1 fully saturated rings. The van der Waals surface area contributed by atoms with Gasteiger partial charge in [-0.15, -0.1) is 0 Å². The van der Waals surface area contributed by atoms with Gasteiger partial charge in [0.1, 0.15) is 0 Å². The maximum absolute atomic E-state index is 13.1. The van der Waals surface area contributed by atoms with Crippen molar-refractivity contribution in [3.63, 3.8) is 0 Å². The molecule has 1 amide bonds. The lowest BCUT2D eigenvalue weighted by molar-refractivity contribution is 0.0922. The molecule has 140 valence electrons. The molecule has 1 saturated carbocycles. The first-order valence-corrected chi connectivity index (χ1v) is 9.59. The van der Waals surface area contributed by atoms with Gasteiger partial charge in [0, 0.05) is 31.4 Å². The van der Waals surface area contributed by atoms with Gasteiger partial charge in [0.05, 0.1) is 16.5 Å². The number of nitrogens with zero attached hydrogens (tertiary/aromatic N) is 1. The van der Waals surface area contributed by atoms with E-state index in [1.54, 1.807) is 19.4 Å². The Labute approximate surface area is 158 Å². The fourth-order valence-electron chi connectivity index (χ4n) is 4.37. The molecule has 1 unspecified atom stereocenters. The van der Waals surface area contributed by atoms with Gasteiger partial charge in [-0.25, -0.2) is 0 Å². The molecule has 0 saturated heterocycles. The number of aromatic nitrogens is 2. The van der Waals surface area contributed by atoms with Gasteiger partial charge in [0.15, 0.2) is 0 Å². The van der Waals surface area contributed by atoms with Crippen molar-refractivity contribution < 1.29 is 4.79 Å². The first kappa shape index (κ1) is 17.6. The molecule has 1 aliphatic carbocycles. The number of fused-ring (bicyclic) bond motifs is 1. The molecule has 0 aliphatic heterocycles. The van der Waals surface area contributed by atoms with E-state index in [2.05, 4.69) is 34.6 Å². The quantitative estimate of drug-likeness (QED) is 0.746. The highest BCUT2D eigenvalue weighted by Crippen LogP contribution is 2.33. The third kappa shape index (κ3) is 3.18. The van der Waals surface area contributed by atoms with Crippen LogP contribution in [0.1, 0.15) is 53.1 Å². The molecule has 5 nitrogen and oxygen atoms in total. The monoisotopic (exact) mass is 363 g/mol. The molecule has 0 spiro atoms. The van der Waals surface area contributed by atoms with Crippen molar-refractivity contribution in [2.75, 3.05) is 0 Å². The molecule has 4 rings (SSSR count). The number of rotatable bonds is 3. The first-order valence-electron chi connectivity index (χ1n) is 9.59. The van der Waals surface area contributed by atoms with Crippen LogP contribution in [0.25, 0.3) is 10.9 Å². The number of amides is 1. The Kier molecular flexibility index (Phi) is 4.60.